The predicted molar refractivity (Wildman–Crippen MR) is 135 cm³/mol. The number of carbonyl (C=O) groups excluding carboxylic acids is 2. The van der Waals surface area contributed by atoms with Gasteiger partial charge in [-0.2, -0.15) is 4.72 Å². The first-order valence-electron chi connectivity index (χ1n) is 11.8. The summed E-state index contributed by atoms with van der Waals surface area (Å²) < 4.78 is 42.4. The van der Waals surface area contributed by atoms with Gasteiger partial charge in [0, 0.05) is 25.2 Å². The summed E-state index contributed by atoms with van der Waals surface area (Å²) in [6, 6.07) is 18.4. The number of benzene rings is 3. The van der Waals surface area contributed by atoms with Crippen LogP contribution in [-0.2, 0) is 39.0 Å². The van der Waals surface area contributed by atoms with Crippen LogP contribution in [0.1, 0.15) is 30.0 Å². The highest BCUT2D eigenvalue weighted by Crippen LogP contribution is 2.30. The molecule has 36 heavy (non-hydrogen) atoms. The molecule has 1 heterocycles. The first kappa shape index (κ1) is 25.5. The van der Waals surface area contributed by atoms with E-state index in [1.807, 2.05) is 30.3 Å². The van der Waals surface area contributed by atoms with Crippen molar-refractivity contribution in [2.45, 2.75) is 43.7 Å². The predicted octanol–water partition coefficient (Wildman–Crippen LogP) is 3.33. The van der Waals surface area contributed by atoms with Crippen molar-refractivity contribution in [3.05, 3.63) is 95.3 Å². The molecule has 1 unspecified atom stereocenters. The van der Waals surface area contributed by atoms with E-state index < -0.39 is 22.0 Å². The second-order valence-electron chi connectivity index (χ2n) is 8.65. The van der Waals surface area contributed by atoms with Crippen molar-refractivity contribution < 1.29 is 22.4 Å². The van der Waals surface area contributed by atoms with E-state index in [0.29, 0.717) is 24.9 Å². The first-order chi connectivity index (χ1) is 17.3. The Bertz CT molecular complexity index is 1350. The van der Waals surface area contributed by atoms with Gasteiger partial charge in [0.25, 0.3) is 0 Å². The van der Waals surface area contributed by atoms with Crippen molar-refractivity contribution in [3.63, 3.8) is 0 Å². The van der Waals surface area contributed by atoms with Gasteiger partial charge in [0.2, 0.25) is 21.8 Å². The quantitative estimate of drug-likeness (QED) is 0.463. The molecule has 2 amide bonds. The average Bonchev–Trinajstić information content (AvgIpc) is 3.31. The van der Waals surface area contributed by atoms with Crippen LogP contribution < -0.4 is 14.9 Å². The minimum Gasteiger partial charge on any atom is -0.351 e. The van der Waals surface area contributed by atoms with Crippen LogP contribution >= 0.6 is 0 Å². The first-order valence-corrected chi connectivity index (χ1v) is 13.3. The van der Waals surface area contributed by atoms with Gasteiger partial charge in [-0.05, 0) is 59.9 Å². The molecule has 0 fully saturated rings. The van der Waals surface area contributed by atoms with Gasteiger partial charge in [-0.3, -0.25) is 9.59 Å². The number of hydrogen-bond donors (Lipinski definition) is 2. The molecular formula is C27H28FN3O4S. The number of nitrogens with zero attached hydrogens (tertiary/aromatic N) is 1. The molecule has 1 aliphatic heterocycles. The number of rotatable bonds is 9. The second kappa shape index (κ2) is 11.0. The summed E-state index contributed by atoms with van der Waals surface area (Å²) in [6.45, 7) is 2.44. The summed E-state index contributed by atoms with van der Waals surface area (Å²) in [4.78, 5) is 26.9. The topological polar surface area (TPSA) is 95.6 Å². The third kappa shape index (κ3) is 5.98. The molecule has 188 valence electrons. The molecule has 3 aromatic carbocycles. The lowest BCUT2D eigenvalue weighted by molar-refractivity contribution is -0.123. The summed E-state index contributed by atoms with van der Waals surface area (Å²) in [5.74, 6) is -0.882. The van der Waals surface area contributed by atoms with E-state index in [1.165, 1.54) is 18.2 Å². The third-order valence-electron chi connectivity index (χ3n) is 6.14. The van der Waals surface area contributed by atoms with Crippen LogP contribution in [-0.4, -0.2) is 32.8 Å². The van der Waals surface area contributed by atoms with Crippen LogP contribution in [0.15, 0.2) is 77.7 Å². The number of amides is 2. The summed E-state index contributed by atoms with van der Waals surface area (Å²) in [7, 11) is -4.04. The molecule has 1 aliphatic rings. The van der Waals surface area contributed by atoms with E-state index in [2.05, 4.69) is 10.0 Å². The molecule has 4 rings (SSSR count). The zero-order valence-corrected chi connectivity index (χ0v) is 20.7. The van der Waals surface area contributed by atoms with Gasteiger partial charge >= 0.3 is 0 Å². The fourth-order valence-corrected chi connectivity index (χ4v) is 5.45. The van der Waals surface area contributed by atoms with E-state index in [0.717, 1.165) is 16.8 Å². The van der Waals surface area contributed by atoms with E-state index >= 15 is 0 Å². The Morgan fingerprint density at radius 2 is 1.72 bits per heavy atom. The molecule has 0 saturated heterocycles. The lowest BCUT2D eigenvalue weighted by Gasteiger charge is -2.20. The van der Waals surface area contributed by atoms with Gasteiger partial charge < -0.3 is 10.2 Å². The van der Waals surface area contributed by atoms with Gasteiger partial charge in [-0.15, -0.1) is 0 Å². The van der Waals surface area contributed by atoms with Gasteiger partial charge in [0.05, 0.1) is 4.90 Å². The molecule has 1 atom stereocenters. The number of sulfonamides is 1. The summed E-state index contributed by atoms with van der Waals surface area (Å²) in [5, 5.41) is 2.75. The lowest BCUT2D eigenvalue weighted by Crippen LogP contribution is -2.47. The minimum absolute atomic E-state index is 0.0109. The Morgan fingerprint density at radius 3 is 2.42 bits per heavy atom. The molecule has 0 radical (unpaired) electrons. The van der Waals surface area contributed by atoms with Crippen LogP contribution in [0, 0.1) is 5.82 Å². The maximum absolute atomic E-state index is 13.3. The van der Waals surface area contributed by atoms with Gasteiger partial charge in [-0.1, -0.05) is 49.4 Å². The number of carbonyl (C=O) groups is 2. The summed E-state index contributed by atoms with van der Waals surface area (Å²) >= 11 is 0. The molecule has 0 bridgehead atoms. The van der Waals surface area contributed by atoms with Gasteiger partial charge in [-0.25, -0.2) is 12.8 Å². The largest absolute Gasteiger partial charge is 0.351 e. The molecule has 9 heteroatoms. The van der Waals surface area contributed by atoms with E-state index in [-0.39, 0.29) is 29.6 Å². The molecule has 0 saturated carbocycles. The number of nitrogens with one attached hydrogen (secondary N) is 2. The van der Waals surface area contributed by atoms with Crippen LogP contribution in [0.3, 0.4) is 0 Å². The van der Waals surface area contributed by atoms with Crippen molar-refractivity contribution in [2.24, 2.45) is 0 Å². The van der Waals surface area contributed by atoms with E-state index in [9.17, 15) is 22.4 Å². The van der Waals surface area contributed by atoms with Crippen LogP contribution in [0.25, 0.3) is 0 Å². The SMILES string of the molecule is CCC(=O)N1CCc2cc(S(=O)(=O)NC(Cc3ccccc3)C(=O)NCc3ccc(F)cc3)ccc21. The molecule has 2 N–H and O–H groups in total. The second-order valence-corrected chi connectivity index (χ2v) is 10.4. The van der Waals surface area contributed by atoms with Crippen LogP contribution in [0.4, 0.5) is 10.1 Å². The fraction of sp³-hybridized carbons (Fsp3) is 0.259. The monoisotopic (exact) mass is 509 g/mol. The van der Waals surface area contributed by atoms with E-state index in [4.69, 9.17) is 0 Å². The number of fused-ring (bicyclic) bond motifs is 1. The summed E-state index contributed by atoms with van der Waals surface area (Å²) in [5.41, 5.74) is 2.99. The maximum Gasteiger partial charge on any atom is 0.241 e. The van der Waals surface area contributed by atoms with Crippen LogP contribution in [0.5, 0.6) is 0 Å². The Morgan fingerprint density at radius 1 is 1.00 bits per heavy atom. The number of anilines is 1. The molecule has 0 aliphatic carbocycles. The van der Waals surface area contributed by atoms with Gasteiger partial charge in [0.15, 0.2) is 0 Å². The zero-order chi connectivity index (χ0) is 25.7. The zero-order valence-electron chi connectivity index (χ0n) is 19.9. The van der Waals surface area contributed by atoms with Crippen molar-refractivity contribution in [1.29, 1.82) is 0 Å². The fourth-order valence-electron chi connectivity index (χ4n) is 4.20. The molecule has 3 aromatic rings. The Kier molecular flexibility index (Phi) is 7.81. The van der Waals surface area contributed by atoms with E-state index in [1.54, 1.807) is 36.1 Å². The van der Waals surface area contributed by atoms with Crippen molar-refractivity contribution >= 4 is 27.5 Å². The minimum atomic E-state index is -4.04. The molecule has 0 aromatic heterocycles. The highest BCUT2D eigenvalue weighted by atomic mass is 32.2. The summed E-state index contributed by atoms with van der Waals surface area (Å²) in [6.07, 6.45) is 1.09. The highest BCUT2D eigenvalue weighted by molar-refractivity contribution is 7.89. The van der Waals surface area contributed by atoms with Crippen molar-refractivity contribution in [2.75, 3.05) is 11.4 Å². The Hall–Kier alpha value is -3.56. The Balaban J connectivity index is 1.54. The average molecular weight is 510 g/mol. The van der Waals surface area contributed by atoms with Crippen molar-refractivity contribution in [1.82, 2.24) is 10.0 Å². The molecule has 7 nitrogen and oxygen atoms in total. The van der Waals surface area contributed by atoms with Gasteiger partial charge in [0.1, 0.15) is 11.9 Å². The Labute approximate surface area is 210 Å². The standard InChI is InChI=1S/C27H28FN3O4S/c1-2-26(32)31-15-14-21-17-23(12-13-25(21)31)36(34,35)30-24(16-19-6-4-3-5-7-19)27(33)29-18-20-8-10-22(28)11-9-20/h3-13,17,24,30H,2,14-16,18H2,1H3,(H,29,33). The number of halogens is 1. The molecule has 0 spiro atoms. The smallest absolute Gasteiger partial charge is 0.241 e. The molecular weight excluding hydrogens is 481 g/mol. The van der Waals surface area contributed by atoms with Crippen LogP contribution in [0.2, 0.25) is 0 Å². The lowest BCUT2D eigenvalue weighted by atomic mass is 10.1. The highest BCUT2D eigenvalue weighted by Gasteiger charge is 2.29. The normalized spacial score (nSPS) is 13.8. The third-order valence-corrected chi connectivity index (χ3v) is 7.61. The maximum atomic E-state index is 13.3. The van der Waals surface area contributed by atoms with Crippen molar-refractivity contribution in [3.8, 4) is 0 Å². The number of hydrogen-bond acceptors (Lipinski definition) is 4.